The molecule has 0 aliphatic carbocycles. The van der Waals surface area contributed by atoms with Gasteiger partial charge in [-0.25, -0.2) is 4.39 Å². The van der Waals surface area contributed by atoms with E-state index < -0.39 is 0 Å². The first-order valence-electron chi connectivity index (χ1n) is 6.10. The van der Waals surface area contributed by atoms with E-state index in [4.69, 9.17) is 0 Å². The Kier molecular flexibility index (Phi) is 3.92. The maximum atomic E-state index is 13.0. The van der Waals surface area contributed by atoms with Gasteiger partial charge in [0.15, 0.2) is 0 Å². The standard InChI is InChI=1S/C16H17F/c1-2-13-6-8-14(9-7-13)10-11-15-4-3-5-16(17)12-15/h3-9,12H,2,10-11H2,1H3. The molecule has 0 saturated carbocycles. The lowest BCUT2D eigenvalue weighted by Gasteiger charge is -2.03. The van der Waals surface area contributed by atoms with Crippen LogP contribution < -0.4 is 0 Å². The summed E-state index contributed by atoms with van der Waals surface area (Å²) in [4.78, 5) is 0. The molecule has 2 rings (SSSR count). The van der Waals surface area contributed by atoms with Crippen LogP contribution in [0.5, 0.6) is 0 Å². The topological polar surface area (TPSA) is 0 Å². The van der Waals surface area contributed by atoms with Gasteiger partial charge >= 0.3 is 0 Å². The molecule has 0 bridgehead atoms. The molecule has 0 aliphatic rings. The molecule has 1 heteroatoms. The summed E-state index contributed by atoms with van der Waals surface area (Å²) in [5.41, 5.74) is 3.73. The van der Waals surface area contributed by atoms with Gasteiger partial charge in [-0.3, -0.25) is 0 Å². The SMILES string of the molecule is CCc1ccc(CCc2cccc(F)c2)cc1. The molecule has 0 atom stereocenters. The lowest BCUT2D eigenvalue weighted by atomic mass is 10.0. The quantitative estimate of drug-likeness (QED) is 0.736. The second-order valence-electron chi connectivity index (χ2n) is 4.30. The molecule has 0 fully saturated rings. The third kappa shape index (κ3) is 3.42. The Morgan fingerprint density at radius 2 is 1.47 bits per heavy atom. The van der Waals surface area contributed by atoms with Crippen LogP contribution in [-0.4, -0.2) is 0 Å². The van der Waals surface area contributed by atoms with E-state index in [0.717, 1.165) is 24.8 Å². The van der Waals surface area contributed by atoms with Crippen molar-refractivity contribution in [2.24, 2.45) is 0 Å². The highest BCUT2D eigenvalue weighted by Gasteiger charge is 1.97. The first-order chi connectivity index (χ1) is 8.28. The average Bonchev–Trinajstić information content (AvgIpc) is 2.37. The van der Waals surface area contributed by atoms with Crippen LogP contribution in [0.15, 0.2) is 48.5 Å². The summed E-state index contributed by atoms with van der Waals surface area (Å²) in [5.74, 6) is -0.149. The van der Waals surface area contributed by atoms with Crippen molar-refractivity contribution < 1.29 is 4.39 Å². The zero-order valence-electron chi connectivity index (χ0n) is 10.1. The third-order valence-electron chi connectivity index (χ3n) is 3.02. The fourth-order valence-electron chi connectivity index (χ4n) is 1.92. The fraction of sp³-hybridized carbons (Fsp3) is 0.250. The molecule has 0 aromatic heterocycles. The normalized spacial score (nSPS) is 10.5. The molecule has 0 spiro atoms. The van der Waals surface area contributed by atoms with Crippen molar-refractivity contribution in [2.75, 3.05) is 0 Å². The number of benzene rings is 2. The van der Waals surface area contributed by atoms with E-state index in [1.165, 1.54) is 17.2 Å². The van der Waals surface area contributed by atoms with Crippen molar-refractivity contribution >= 4 is 0 Å². The summed E-state index contributed by atoms with van der Waals surface area (Å²) >= 11 is 0. The molecule has 0 nitrogen and oxygen atoms in total. The largest absolute Gasteiger partial charge is 0.207 e. The smallest absolute Gasteiger partial charge is 0.123 e. The summed E-state index contributed by atoms with van der Waals surface area (Å²) in [7, 11) is 0. The van der Waals surface area contributed by atoms with Crippen LogP contribution in [-0.2, 0) is 19.3 Å². The monoisotopic (exact) mass is 228 g/mol. The molecule has 0 N–H and O–H groups in total. The molecule has 88 valence electrons. The average molecular weight is 228 g/mol. The first-order valence-corrected chi connectivity index (χ1v) is 6.10. The Morgan fingerprint density at radius 3 is 2.12 bits per heavy atom. The first kappa shape index (κ1) is 11.8. The van der Waals surface area contributed by atoms with Gasteiger partial charge in [-0.1, -0.05) is 43.3 Å². The van der Waals surface area contributed by atoms with E-state index in [0.29, 0.717) is 0 Å². The highest BCUT2D eigenvalue weighted by molar-refractivity contribution is 5.24. The Balaban J connectivity index is 1.97. The van der Waals surface area contributed by atoms with Crippen molar-refractivity contribution in [1.82, 2.24) is 0 Å². The van der Waals surface area contributed by atoms with Crippen LogP contribution in [0.25, 0.3) is 0 Å². The maximum absolute atomic E-state index is 13.0. The Labute approximate surface area is 102 Å². The highest BCUT2D eigenvalue weighted by Crippen LogP contribution is 2.10. The van der Waals surface area contributed by atoms with Crippen LogP contribution in [0.3, 0.4) is 0 Å². The van der Waals surface area contributed by atoms with Gasteiger partial charge < -0.3 is 0 Å². The van der Waals surface area contributed by atoms with E-state index in [9.17, 15) is 4.39 Å². The molecule has 0 unspecified atom stereocenters. The minimum atomic E-state index is -0.149. The minimum Gasteiger partial charge on any atom is -0.207 e. The number of aryl methyl sites for hydroxylation is 3. The molecular weight excluding hydrogens is 211 g/mol. The molecule has 0 saturated heterocycles. The van der Waals surface area contributed by atoms with E-state index in [2.05, 4.69) is 31.2 Å². The lowest BCUT2D eigenvalue weighted by molar-refractivity contribution is 0.625. The fourth-order valence-corrected chi connectivity index (χ4v) is 1.92. The molecular formula is C16H17F. The zero-order chi connectivity index (χ0) is 12.1. The predicted molar refractivity (Wildman–Crippen MR) is 69.6 cm³/mol. The Hall–Kier alpha value is -1.63. The van der Waals surface area contributed by atoms with Crippen molar-refractivity contribution in [2.45, 2.75) is 26.2 Å². The third-order valence-corrected chi connectivity index (χ3v) is 3.02. The molecule has 0 aliphatic heterocycles. The van der Waals surface area contributed by atoms with E-state index >= 15 is 0 Å². The van der Waals surface area contributed by atoms with Gasteiger partial charge in [-0.05, 0) is 48.1 Å². The number of hydrogen-bond acceptors (Lipinski definition) is 0. The predicted octanol–water partition coefficient (Wildman–Crippen LogP) is 4.17. The number of hydrogen-bond donors (Lipinski definition) is 0. The number of halogens is 1. The van der Waals surface area contributed by atoms with Gasteiger partial charge in [0.05, 0.1) is 0 Å². The van der Waals surface area contributed by atoms with Gasteiger partial charge in [0.25, 0.3) is 0 Å². The van der Waals surface area contributed by atoms with Gasteiger partial charge in [0.2, 0.25) is 0 Å². The van der Waals surface area contributed by atoms with Gasteiger partial charge in [-0.15, -0.1) is 0 Å². The molecule has 17 heavy (non-hydrogen) atoms. The molecule has 2 aromatic carbocycles. The minimum absolute atomic E-state index is 0.149. The van der Waals surface area contributed by atoms with Crippen LogP contribution in [0.2, 0.25) is 0 Å². The molecule has 0 radical (unpaired) electrons. The summed E-state index contributed by atoms with van der Waals surface area (Å²) in [6.45, 7) is 2.15. The molecule has 0 heterocycles. The van der Waals surface area contributed by atoms with Crippen molar-refractivity contribution in [3.05, 3.63) is 71.0 Å². The van der Waals surface area contributed by atoms with Crippen LogP contribution in [0.1, 0.15) is 23.6 Å². The number of rotatable bonds is 4. The van der Waals surface area contributed by atoms with E-state index in [1.54, 1.807) is 12.1 Å². The summed E-state index contributed by atoms with van der Waals surface area (Å²) in [5, 5.41) is 0. The van der Waals surface area contributed by atoms with Gasteiger partial charge in [-0.2, -0.15) is 0 Å². The van der Waals surface area contributed by atoms with Crippen molar-refractivity contribution in [1.29, 1.82) is 0 Å². The maximum Gasteiger partial charge on any atom is 0.123 e. The molecule has 0 amide bonds. The Bertz CT molecular complexity index is 471. The van der Waals surface area contributed by atoms with Crippen LogP contribution in [0.4, 0.5) is 4.39 Å². The summed E-state index contributed by atoms with van der Waals surface area (Å²) in [6.07, 6.45) is 2.93. The Morgan fingerprint density at radius 1 is 0.824 bits per heavy atom. The van der Waals surface area contributed by atoms with E-state index in [-0.39, 0.29) is 5.82 Å². The second kappa shape index (κ2) is 5.62. The summed E-state index contributed by atoms with van der Waals surface area (Å²) < 4.78 is 13.0. The van der Waals surface area contributed by atoms with Crippen molar-refractivity contribution in [3.63, 3.8) is 0 Å². The zero-order valence-corrected chi connectivity index (χ0v) is 10.1. The van der Waals surface area contributed by atoms with Crippen molar-refractivity contribution in [3.8, 4) is 0 Å². The summed E-state index contributed by atoms with van der Waals surface area (Å²) in [6, 6.07) is 15.5. The highest BCUT2D eigenvalue weighted by atomic mass is 19.1. The second-order valence-corrected chi connectivity index (χ2v) is 4.30. The van der Waals surface area contributed by atoms with Gasteiger partial charge in [0.1, 0.15) is 5.82 Å². The molecule has 2 aromatic rings. The van der Waals surface area contributed by atoms with Crippen LogP contribution in [0, 0.1) is 5.82 Å². The van der Waals surface area contributed by atoms with Gasteiger partial charge in [0, 0.05) is 0 Å². The lowest BCUT2D eigenvalue weighted by Crippen LogP contribution is -1.92. The van der Waals surface area contributed by atoms with E-state index in [1.807, 2.05) is 6.07 Å². The van der Waals surface area contributed by atoms with Crippen LogP contribution >= 0.6 is 0 Å².